The van der Waals surface area contributed by atoms with Crippen LogP contribution in [0.5, 0.6) is 0 Å². The fraction of sp³-hybridized carbons (Fsp3) is 0.417. The van der Waals surface area contributed by atoms with Crippen molar-refractivity contribution in [3.63, 3.8) is 0 Å². The molecule has 1 aromatic carbocycles. The molecule has 0 bridgehead atoms. The molecule has 19 heavy (non-hydrogen) atoms. The minimum Gasteiger partial charge on any atom is -0.325 e. The molecule has 104 valence electrons. The highest BCUT2D eigenvalue weighted by Gasteiger charge is 2.27. The zero-order valence-electron chi connectivity index (χ0n) is 10.2. The van der Waals surface area contributed by atoms with Gasteiger partial charge in [0.25, 0.3) is 0 Å². The van der Waals surface area contributed by atoms with Gasteiger partial charge in [0, 0.05) is 16.2 Å². The molecule has 1 amide bonds. The number of halogens is 1. The van der Waals surface area contributed by atoms with E-state index in [9.17, 15) is 13.2 Å². The van der Waals surface area contributed by atoms with Crippen molar-refractivity contribution in [2.24, 2.45) is 0 Å². The van der Waals surface area contributed by atoms with Gasteiger partial charge in [0.15, 0.2) is 9.84 Å². The van der Waals surface area contributed by atoms with Gasteiger partial charge >= 0.3 is 0 Å². The molecule has 0 aliphatic carbocycles. The number of sulfone groups is 1. The van der Waals surface area contributed by atoms with Crippen LogP contribution in [0, 0.1) is 0 Å². The van der Waals surface area contributed by atoms with Crippen molar-refractivity contribution >= 4 is 37.4 Å². The van der Waals surface area contributed by atoms with Crippen molar-refractivity contribution in [1.29, 1.82) is 0 Å². The van der Waals surface area contributed by atoms with Gasteiger partial charge in [0.05, 0.1) is 18.1 Å². The number of carbonyl (C=O) groups excluding carboxylic acids is 1. The molecule has 1 unspecified atom stereocenters. The lowest BCUT2D eigenvalue weighted by molar-refractivity contribution is -0.115. The monoisotopic (exact) mass is 346 g/mol. The average molecular weight is 347 g/mol. The van der Waals surface area contributed by atoms with E-state index in [0.29, 0.717) is 12.1 Å². The molecule has 0 saturated carbocycles. The largest absolute Gasteiger partial charge is 0.325 e. The first-order chi connectivity index (χ1) is 8.94. The molecule has 1 atom stereocenters. The molecule has 1 aliphatic rings. The van der Waals surface area contributed by atoms with E-state index >= 15 is 0 Å². The normalized spacial score (nSPS) is 21.2. The van der Waals surface area contributed by atoms with Crippen molar-refractivity contribution in [3.8, 4) is 0 Å². The molecular formula is C12H15BrN2O3S. The van der Waals surface area contributed by atoms with Crippen molar-refractivity contribution in [2.45, 2.75) is 12.5 Å². The molecule has 1 aliphatic heterocycles. The Morgan fingerprint density at radius 3 is 2.84 bits per heavy atom. The van der Waals surface area contributed by atoms with E-state index in [0.717, 1.165) is 4.47 Å². The Kier molecular flexibility index (Phi) is 4.59. The van der Waals surface area contributed by atoms with Gasteiger partial charge in [-0.05, 0) is 24.6 Å². The van der Waals surface area contributed by atoms with Crippen LogP contribution in [0.4, 0.5) is 5.69 Å². The number of anilines is 1. The maximum Gasteiger partial charge on any atom is 0.238 e. The van der Waals surface area contributed by atoms with Gasteiger partial charge in [-0.15, -0.1) is 0 Å². The standard InChI is InChI=1S/C12H15BrN2O3S/c13-9-2-1-3-10(6-9)15-12(16)7-14-11-4-5-19(17,18)8-11/h1-3,6,11,14H,4-5,7-8H2,(H,15,16). The summed E-state index contributed by atoms with van der Waals surface area (Å²) in [5.41, 5.74) is 0.709. The van der Waals surface area contributed by atoms with Crippen LogP contribution >= 0.6 is 15.9 Å². The first-order valence-electron chi connectivity index (χ1n) is 5.94. The predicted molar refractivity (Wildman–Crippen MR) is 77.8 cm³/mol. The molecule has 0 radical (unpaired) electrons. The SMILES string of the molecule is O=C(CNC1CCS(=O)(=O)C1)Nc1cccc(Br)c1. The van der Waals surface area contributed by atoms with Crippen LogP contribution in [0.3, 0.4) is 0 Å². The third kappa shape index (κ3) is 4.59. The number of hydrogen-bond acceptors (Lipinski definition) is 4. The molecule has 1 saturated heterocycles. The number of hydrogen-bond donors (Lipinski definition) is 2. The Labute approximate surface area is 120 Å². The predicted octanol–water partition coefficient (Wildman–Crippen LogP) is 1.16. The number of benzene rings is 1. The van der Waals surface area contributed by atoms with Gasteiger partial charge in [0.2, 0.25) is 5.91 Å². The van der Waals surface area contributed by atoms with Crippen LogP contribution in [-0.4, -0.2) is 38.4 Å². The van der Waals surface area contributed by atoms with E-state index < -0.39 is 9.84 Å². The quantitative estimate of drug-likeness (QED) is 0.857. The second-order valence-electron chi connectivity index (χ2n) is 4.54. The zero-order valence-corrected chi connectivity index (χ0v) is 12.6. The smallest absolute Gasteiger partial charge is 0.238 e. The summed E-state index contributed by atoms with van der Waals surface area (Å²) in [5.74, 6) is 0.150. The summed E-state index contributed by atoms with van der Waals surface area (Å²) in [5, 5.41) is 5.72. The van der Waals surface area contributed by atoms with Crippen molar-refractivity contribution in [2.75, 3.05) is 23.4 Å². The van der Waals surface area contributed by atoms with Gasteiger partial charge in [-0.3, -0.25) is 4.79 Å². The van der Waals surface area contributed by atoms with E-state index in [4.69, 9.17) is 0 Å². The molecule has 0 aromatic heterocycles. The van der Waals surface area contributed by atoms with Gasteiger partial charge < -0.3 is 10.6 Å². The highest BCUT2D eigenvalue weighted by Crippen LogP contribution is 2.15. The number of nitrogens with one attached hydrogen (secondary N) is 2. The summed E-state index contributed by atoms with van der Waals surface area (Å²) in [7, 11) is -2.91. The Morgan fingerprint density at radius 2 is 2.21 bits per heavy atom. The molecule has 0 spiro atoms. The van der Waals surface area contributed by atoms with Crippen LogP contribution in [0.15, 0.2) is 28.7 Å². The summed E-state index contributed by atoms with van der Waals surface area (Å²) in [6.07, 6.45) is 0.576. The highest BCUT2D eigenvalue weighted by atomic mass is 79.9. The van der Waals surface area contributed by atoms with Crippen molar-refractivity contribution in [1.82, 2.24) is 5.32 Å². The number of rotatable bonds is 4. The Bertz CT molecular complexity index is 574. The van der Waals surface area contributed by atoms with Gasteiger partial charge in [-0.1, -0.05) is 22.0 Å². The van der Waals surface area contributed by atoms with Crippen LogP contribution < -0.4 is 10.6 Å². The number of amides is 1. The molecule has 5 nitrogen and oxygen atoms in total. The minimum absolute atomic E-state index is 0.113. The molecule has 2 N–H and O–H groups in total. The van der Waals surface area contributed by atoms with Crippen LogP contribution in [0.2, 0.25) is 0 Å². The molecule has 2 rings (SSSR count). The summed E-state index contributed by atoms with van der Waals surface area (Å²) < 4.78 is 23.4. The lowest BCUT2D eigenvalue weighted by Gasteiger charge is -2.11. The number of carbonyl (C=O) groups is 1. The molecular weight excluding hydrogens is 332 g/mol. The highest BCUT2D eigenvalue weighted by molar-refractivity contribution is 9.10. The Morgan fingerprint density at radius 1 is 1.42 bits per heavy atom. The first-order valence-corrected chi connectivity index (χ1v) is 8.55. The Hall–Kier alpha value is -0.920. The lowest BCUT2D eigenvalue weighted by atomic mass is 10.2. The Balaban J connectivity index is 1.79. The molecule has 1 heterocycles. The molecule has 7 heteroatoms. The van der Waals surface area contributed by atoms with E-state index in [1.54, 1.807) is 12.1 Å². The van der Waals surface area contributed by atoms with Gasteiger partial charge in [-0.25, -0.2) is 8.42 Å². The summed E-state index contributed by atoms with van der Waals surface area (Å²) in [4.78, 5) is 11.7. The maximum atomic E-state index is 11.7. The van der Waals surface area contributed by atoms with Crippen molar-refractivity contribution < 1.29 is 13.2 Å². The second kappa shape index (κ2) is 6.02. The van der Waals surface area contributed by atoms with Gasteiger partial charge in [-0.2, -0.15) is 0 Å². The van der Waals surface area contributed by atoms with E-state index in [2.05, 4.69) is 26.6 Å². The van der Waals surface area contributed by atoms with Crippen LogP contribution in [0.1, 0.15) is 6.42 Å². The zero-order chi connectivity index (χ0) is 13.9. The third-order valence-corrected chi connectivity index (χ3v) is 5.15. The third-order valence-electron chi connectivity index (χ3n) is 2.89. The van der Waals surface area contributed by atoms with E-state index in [-0.39, 0.29) is 30.0 Å². The lowest BCUT2D eigenvalue weighted by Crippen LogP contribution is -2.36. The fourth-order valence-electron chi connectivity index (χ4n) is 1.96. The fourth-order valence-corrected chi connectivity index (χ4v) is 4.07. The van der Waals surface area contributed by atoms with Gasteiger partial charge in [0.1, 0.15) is 0 Å². The van der Waals surface area contributed by atoms with Crippen LogP contribution in [-0.2, 0) is 14.6 Å². The maximum absolute atomic E-state index is 11.7. The first kappa shape index (κ1) is 14.5. The van der Waals surface area contributed by atoms with E-state index in [1.807, 2.05) is 12.1 Å². The summed E-state index contributed by atoms with van der Waals surface area (Å²) in [6.45, 7) is 0.118. The molecule has 1 aromatic rings. The summed E-state index contributed by atoms with van der Waals surface area (Å²) >= 11 is 3.32. The minimum atomic E-state index is -2.91. The van der Waals surface area contributed by atoms with Crippen molar-refractivity contribution in [3.05, 3.63) is 28.7 Å². The topological polar surface area (TPSA) is 75.3 Å². The van der Waals surface area contributed by atoms with E-state index in [1.165, 1.54) is 0 Å². The molecule has 1 fully saturated rings. The average Bonchev–Trinajstić information content (AvgIpc) is 2.66. The second-order valence-corrected chi connectivity index (χ2v) is 7.68. The summed E-state index contributed by atoms with van der Waals surface area (Å²) in [6, 6.07) is 7.19. The van der Waals surface area contributed by atoms with Crippen LogP contribution in [0.25, 0.3) is 0 Å².